The summed E-state index contributed by atoms with van der Waals surface area (Å²) in [6.07, 6.45) is 4.00. The van der Waals surface area contributed by atoms with Crippen LogP contribution in [-0.2, 0) is 30.7 Å². The number of hydrogen-bond donors (Lipinski definition) is 2. The summed E-state index contributed by atoms with van der Waals surface area (Å²) in [6, 6.07) is 6.99. The summed E-state index contributed by atoms with van der Waals surface area (Å²) in [6.45, 7) is 1.37. The van der Waals surface area contributed by atoms with Gasteiger partial charge in [0.2, 0.25) is 11.8 Å². The highest BCUT2D eigenvalue weighted by atomic mass is 32.8. The second-order valence-corrected chi connectivity index (χ2v) is 8.65. The zero-order chi connectivity index (χ0) is 18.0. The van der Waals surface area contributed by atoms with Gasteiger partial charge in [-0.15, -0.1) is 0 Å². The topological polar surface area (TPSA) is 64.1 Å². The van der Waals surface area contributed by atoms with Crippen LogP contribution in [0, 0.1) is 0 Å². The summed E-state index contributed by atoms with van der Waals surface area (Å²) in [4.78, 5) is 28.3. The standard InChI is InChI=1S/C16H21N3O3S3/c20-15-5-1-2-10-17(15)12-6-8-13(9-7-12)18-11-3-4-14(16(18)21)19(23)25(22)24/h6-9,14,23H,1-5,10-11H2,(H,22,24). The zero-order valence-corrected chi connectivity index (χ0v) is 16.2. The van der Waals surface area contributed by atoms with Crippen molar-refractivity contribution in [1.29, 1.82) is 0 Å². The Morgan fingerprint density at radius 2 is 1.68 bits per heavy atom. The number of amides is 2. The van der Waals surface area contributed by atoms with Gasteiger partial charge in [0.15, 0.2) is 0 Å². The third-order valence-corrected chi connectivity index (χ3v) is 6.76. The van der Waals surface area contributed by atoms with Crippen molar-refractivity contribution in [3.05, 3.63) is 24.3 Å². The summed E-state index contributed by atoms with van der Waals surface area (Å²) in [7, 11) is -1.47. The molecule has 2 atom stereocenters. The fourth-order valence-electron chi connectivity index (χ4n) is 3.32. The van der Waals surface area contributed by atoms with E-state index >= 15 is 0 Å². The lowest BCUT2D eigenvalue weighted by Crippen LogP contribution is -2.50. The molecule has 2 unspecified atom stereocenters. The van der Waals surface area contributed by atoms with Crippen molar-refractivity contribution in [3.8, 4) is 0 Å². The van der Waals surface area contributed by atoms with E-state index in [2.05, 4.69) is 12.8 Å². The molecular formula is C16H21N3O3S3. The Kier molecular flexibility index (Phi) is 6.11. The van der Waals surface area contributed by atoms with Gasteiger partial charge in [0.05, 0.1) is 9.92 Å². The van der Waals surface area contributed by atoms with E-state index in [0.717, 1.165) is 37.2 Å². The lowest BCUT2D eigenvalue weighted by Gasteiger charge is -2.35. The summed E-state index contributed by atoms with van der Waals surface area (Å²) >= 11 is 8.99. The van der Waals surface area contributed by atoms with Crippen molar-refractivity contribution in [1.82, 2.24) is 3.71 Å². The van der Waals surface area contributed by atoms with Crippen molar-refractivity contribution < 1.29 is 14.1 Å². The molecule has 2 aliphatic rings. The monoisotopic (exact) mass is 399 g/mol. The summed E-state index contributed by atoms with van der Waals surface area (Å²) in [5, 5.41) is 0. The quantitative estimate of drug-likeness (QED) is 0.761. The van der Waals surface area contributed by atoms with Crippen LogP contribution < -0.4 is 9.80 Å². The van der Waals surface area contributed by atoms with Crippen LogP contribution in [0.4, 0.5) is 11.4 Å². The molecule has 0 saturated carbocycles. The van der Waals surface area contributed by atoms with Crippen LogP contribution in [0.15, 0.2) is 24.3 Å². The predicted molar refractivity (Wildman–Crippen MR) is 106 cm³/mol. The Hall–Kier alpha value is -1.00. The first-order chi connectivity index (χ1) is 12.0. The number of carbonyl (C=O) groups is 2. The van der Waals surface area contributed by atoms with Gasteiger partial charge in [0.1, 0.15) is 6.04 Å². The Balaban J connectivity index is 1.76. The Labute approximate surface area is 160 Å². The smallest absolute Gasteiger partial charge is 0.246 e. The first-order valence-electron chi connectivity index (χ1n) is 8.30. The zero-order valence-electron chi connectivity index (χ0n) is 13.7. The van der Waals surface area contributed by atoms with Crippen LogP contribution in [0.1, 0.15) is 32.1 Å². The van der Waals surface area contributed by atoms with E-state index < -0.39 is 16.0 Å². The Bertz CT molecular complexity index is 683. The molecule has 9 heteroatoms. The second-order valence-electron chi connectivity index (χ2n) is 6.20. The molecule has 2 amide bonds. The molecule has 1 aromatic carbocycles. The van der Waals surface area contributed by atoms with Crippen molar-refractivity contribution in [2.24, 2.45) is 0 Å². The van der Waals surface area contributed by atoms with Gasteiger partial charge < -0.3 is 14.4 Å². The number of benzene rings is 1. The molecule has 3 rings (SSSR count). The second kappa shape index (κ2) is 8.13. The van der Waals surface area contributed by atoms with E-state index in [0.29, 0.717) is 19.4 Å². The number of thiol groups is 1. The molecule has 0 bridgehead atoms. The van der Waals surface area contributed by atoms with E-state index in [9.17, 15) is 14.1 Å². The van der Waals surface area contributed by atoms with Gasteiger partial charge in [-0.3, -0.25) is 9.59 Å². The third-order valence-electron chi connectivity index (χ3n) is 4.63. The van der Waals surface area contributed by atoms with E-state index in [-0.39, 0.29) is 11.8 Å². The van der Waals surface area contributed by atoms with Crippen molar-refractivity contribution >= 4 is 57.1 Å². The van der Waals surface area contributed by atoms with Crippen LogP contribution in [0.2, 0.25) is 0 Å². The van der Waals surface area contributed by atoms with Crippen molar-refractivity contribution in [3.63, 3.8) is 0 Å². The minimum Gasteiger partial charge on any atom is -0.315 e. The van der Waals surface area contributed by atoms with E-state index in [1.807, 2.05) is 24.3 Å². The molecule has 0 spiro atoms. The number of hydrogen-bond acceptors (Lipinski definition) is 4. The minimum atomic E-state index is -1.47. The van der Waals surface area contributed by atoms with Gasteiger partial charge in [0.25, 0.3) is 0 Å². The number of carbonyl (C=O) groups excluding carboxylic acids is 2. The van der Waals surface area contributed by atoms with Crippen LogP contribution in [0.3, 0.4) is 0 Å². The van der Waals surface area contributed by atoms with Gasteiger partial charge in [-0.2, -0.15) is 3.71 Å². The van der Waals surface area contributed by atoms with Crippen LogP contribution in [-0.4, -0.2) is 39.2 Å². The molecule has 2 saturated heterocycles. The van der Waals surface area contributed by atoms with E-state index in [4.69, 9.17) is 11.2 Å². The molecule has 2 aliphatic heterocycles. The first kappa shape index (κ1) is 18.8. The lowest BCUT2D eigenvalue weighted by atomic mass is 10.0. The van der Waals surface area contributed by atoms with Gasteiger partial charge in [-0.1, -0.05) is 12.8 Å². The lowest BCUT2D eigenvalue weighted by molar-refractivity contribution is -0.122. The highest BCUT2D eigenvalue weighted by Gasteiger charge is 2.34. The maximum atomic E-state index is 12.7. The highest BCUT2D eigenvalue weighted by Crippen LogP contribution is 2.28. The molecule has 6 nitrogen and oxygen atoms in total. The van der Waals surface area contributed by atoms with Crippen molar-refractivity contribution in [2.45, 2.75) is 38.1 Å². The average molecular weight is 400 g/mol. The van der Waals surface area contributed by atoms with Crippen LogP contribution in [0.5, 0.6) is 0 Å². The molecule has 1 aromatic rings. The summed E-state index contributed by atoms with van der Waals surface area (Å²) < 4.78 is 10.8. The number of nitrogens with zero attached hydrogens (tertiary/aromatic N) is 3. The molecule has 0 radical (unpaired) electrons. The van der Waals surface area contributed by atoms with Gasteiger partial charge in [-0.25, -0.2) is 0 Å². The first-order valence-corrected chi connectivity index (χ1v) is 10.8. The molecule has 0 aromatic heterocycles. The number of piperidine rings is 2. The number of anilines is 2. The Morgan fingerprint density at radius 3 is 2.28 bits per heavy atom. The normalized spacial score (nSPS) is 23.2. The molecule has 1 N–H and O–H groups in total. The number of rotatable bonds is 4. The average Bonchev–Trinajstić information content (AvgIpc) is 2.62. The third kappa shape index (κ3) is 4.06. The fourth-order valence-corrected chi connectivity index (χ4v) is 4.26. The SMILES string of the molecule is O=C1CCCCN1c1ccc(N2CCCC(N(S)S(O)=S)C2=O)cc1. The molecule has 136 valence electrons. The summed E-state index contributed by atoms with van der Waals surface area (Å²) in [5.41, 5.74) is 1.65. The van der Waals surface area contributed by atoms with Gasteiger partial charge in [0, 0.05) is 30.9 Å². The molecule has 2 fully saturated rings. The minimum absolute atomic E-state index is 0.112. The predicted octanol–water partition coefficient (Wildman–Crippen LogP) is 2.31. The Morgan fingerprint density at radius 1 is 1.08 bits per heavy atom. The van der Waals surface area contributed by atoms with E-state index in [1.54, 1.807) is 9.80 Å². The molecule has 25 heavy (non-hydrogen) atoms. The van der Waals surface area contributed by atoms with E-state index in [1.165, 1.54) is 3.71 Å². The van der Waals surface area contributed by atoms with Gasteiger partial charge in [-0.05, 0) is 61.1 Å². The largest absolute Gasteiger partial charge is 0.315 e. The maximum Gasteiger partial charge on any atom is 0.246 e. The molecule has 2 heterocycles. The van der Waals surface area contributed by atoms with Gasteiger partial charge >= 0.3 is 0 Å². The maximum absolute atomic E-state index is 12.7. The van der Waals surface area contributed by atoms with Crippen LogP contribution in [0.25, 0.3) is 0 Å². The van der Waals surface area contributed by atoms with Crippen molar-refractivity contribution in [2.75, 3.05) is 22.9 Å². The molecular weight excluding hydrogens is 378 g/mol. The van der Waals surface area contributed by atoms with Crippen LogP contribution >= 0.6 is 12.8 Å². The fraction of sp³-hybridized carbons (Fsp3) is 0.500. The highest BCUT2D eigenvalue weighted by molar-refractivity contribution is 8.27. The summed E-state index contributed by atoms with van der Waals surface area (Å²) in [5.74, 6) is 0.0405. The molecule has 0 aliphatic carbocycles.